The number of benzene rings is 3. The van der Waals surface area contributed by atoms with E-state index in [-0.39, 0.29) is 22.1 Å². The van der Waals surface area contributed by atoms with Crippen LogP contribution in [0.25, 0.3) is 26.5 Å². The Bertz CT molecular complexity index is 1760. The number of aromatic nitrogens is 2. The molecule has 0 spiro atoms. The highest BCUT2D eigenvalue weighted by atomic mass is 32.2. The van der Waals surface area contributed by atoms with Crippen molar-refractivity contribution < 1.29 is 17.6 Å². The van der Waals surface area contributed by atoms with Gasteiger partial charge in [0.05, 0.1) is 4.90 Å². The lowest BCUT2D eigenvalue weighted by Crippen LogP contribution is -2.20. The summed E-state index contributed by atoms with van der Waals surface area (Å²) in [6.07, 6.45) is 1.42. The van der Waals surface area contributed by atoms with Crippen molar-refractivity contribution in [2.75, 3.05) is 5.32 Å². The maximum Gasteiger partial charge on any atom is 0.349 e. The van der Waals surface area contributed by atoms with Crippen LogP contribution in [0.4, 0.5) is 11.6 Å². The highest BCUT2D eigenvalue weighted by molar-refractivity contribution is 7.94. The van der Waals surface area contributed by atoms with Crippen LogP contribution in [0.2, 0.25) is 0 Å². The Kier molecular flexibility index (Phi) is 5.50. The Morgan fingerprint density at radius 1 is 0.971 bits per heavy atom. The van der Waals surface area contributed by atoms with Crippen molar-refractivity contribution in [2.45, 2.75) is 11.8 Å². The zero-order valence-electron chi connectivity index (χ0n) is 18.3. The van der Waals surface area contributed by atoms with Crippen LogP contribution >= 0.6 is 0 Å². The van der Waals surface area contributed by atoms with Crippen LogP contribution in [-0.4, -0.2) is 24.3 Å². The van der Waals surface area contributed by atoms with Crippen LogP contribution in [0.1, 0.15) is 16.1 Å². The molecule has 1 amide bonds. The van der Waals surface area contributed by atoms with Crippen LogP contribution < -0.4 is 10.9 Å². The normalized spacial score (nSPS) is 11.5. The molecule has 174 valence electrons. The number of carbonyl (C=O) groups is 1. The molecule has 0 unspecified atom stereocenters. The Labute approximate surface area is 199 Å². The van der Waals surface area contributed by atoms with E-state index in [1.807, 2.05) is 30.3 Å². The molecule has 2 heterocycles. The summed E-state index contributed by atoms with van der Waals surface area (Å²) in [6.45, 7) is 1.70. The topological polar surface area (TPSA) is 133 Å². The van der Waals surface area contributed by atoms with E-state index in [4.69, 9.17) is 4.42 Å². The van der Waals surface area contributed by atoms with Gasteiger partial charge in [0.15, 0.2) is 0 Å². The van der Waals surface area contributed by atoms with Gasteiger partial charge in [-0.1, -0.05) is 36.4 Å². The van der Waals surface area contributed by atoms with Crippen molar-refractivity contribution in [1.29, 1.82) is 0 Å². The Balaban J connectivity index is 1.40. The maximum absolute atomic E-state index is 12.8. The molecule has 0 aliphatic carbocycles. The summed E-state index contributed by atoms with van der Waals surface area (Å²) < 4.78 is 34.1. The third kappa shape index (κ3) is 4.46. The summed E-state index contributed by atoms with van der Waals surface area (Å²) in [7, 11) is -4.06. The highest BCUT2D eigenvalue weighted by Gasteiger charge is 2.17. The largest absolute Gasteiger partial charge is 0.422 e. The summed E-state index contributed by atoms with van der Waals surface area (Å²) >= 11 is 0. The quantitative estimate of drug-likeness (QED) is 0.282. The average molecular weight is 486 g/mol. The molecule has 0 atom stereocenters. The number of nitrogens with zero attached hydrogens (tertiary/aromatic N) is 3. The molecule has 2 aromatic heterocycles. The van der Waals surface area contributed by atoms with Gasteiger partial charge in [-0.05, 0) is 66.0 Å². The van der Waals surface area contributed by atoms with Gasteiger partial charge in [-0.15, -0.1) is 0 Å². The molecule has 10 heteroatoms. The molecule has 0 radical (unpaired) electrons. The summed E-state index contributed by atoms with van der Waals surface area (Å²) in [4.78, 5) is 33.0. The van der Waals surface area contributed by atoms with Gasteiger partial charge < -0.3 is 19.7 Å². The number of hydrogen-bond donors (Lipinski definition) is 1. The van der Waals surface area contributed by atoms with Crippen LogP contribution in [0.15, 0.2) is 93.1 Å². The smallest absolute Gasteiger partial charge is 0.349 e. The standard InChI is InChI=1S/C25H18N4O5S/c1-15-12-13-26-25(27-15)29-35(32,33)18-9-7-17(8-10-18)28-23(30)21-14-20-19-5-3-2-4-16(19)6-11-22(20)34-24(21)31/h2-14H,1H3,(H2,26,27,28,29,30)/p-1. The number of hydrogen-bond acceptors (Lipinski definition) is 7. The fraction of sp³-hybridized carbons (Fsp3) is 0.0400. The fourth-order valence-corrected chi connectivity index (χ4v) is 4.47. The van der Waals surface area contributed by atoms with Crippen LogP contribution in [-0.2, 0) is 10.0 Å². The number of rotatable bonds is 5. The van der Waals surface area contributed by atoms with Crippen LogP contribution in [0.3, 0.4) is 0 Å². The number of sulfonamides is 1. The van der Waals surface area contributed by atoms with Crippen molar-refractivity contribution in [3.8, 4) is 0 Å². The van der Waals surface area contributed by atoms with E-state index < -0.39 is 21.6 Å². The van der Waals surface area contributed by atoms with E-state index in [1.165, 1.54) is 36.5 Å². The number of anilines is 1. The third-order valence-corrected chi connectivity index (χ3v) is 6.55. The van der Waals surface area contributed by atoms with E-state index >= 15 is 0 Å². The van der Waals surface area contributed by atoms with Gasteiger partial charge in [-0.2, -0.15) is 0 Å². The van der Waals surface area contributed by atoms with Gasteiger partial charge >= 0.3 is 5.63 Å². The predicted octanol–water partition coefficient (Wildman–Crippen LogP) is 4.69. The number of aryl methyl sites for hydroxylation is 1. The lowest BCUT2D eigenvalue weighted by molar-refractivity contribution is 0.102. The number of carbonyl (C=O) groups excluding carboxylic acids is 1. The highest BCUT2D eigenvalue weighted by Crippen LogP contribution is 2.27. The molecule has 1 N–H and O–H groups in total. The van der Waals surface area contributed by atoms with E-state index in [0.29, 0.717) is 16.7 Å². The minimum atomic E-state index is -4.06. The second kappa shape index (κ2) is 8.65. The molecule has 0 saturated heterocycles. The molecule has 0 saturated carbocycles. The first-order valence-corrected chi connectivity index (χ1v) is 11.9. The molecular formula is C25H17N4O5S-. The zero-order chi connectivity index (χ0) is 24.6. The first-order valence-electron chi connectivity index (χ1n) is 10.4. The second-order valence-electron chi connectivity index (χ2n) is 7.69. The molecule has 0 aliphatic heterocycles. The molecule has 0 aliphatic rings. The molecule has 0 bridgehead atoms. The molecule has 5 rings (SSSR count). The lowest BCUT2D eigenvalue weighted by Gasteiger charge is -2.14. The summed E-state index contributed by atoms with van der Waals surface area (Å²) in [5.41, 5.74) is 0.302. The van der Waals surface area contributed by atoms with Gasteiger partial charge in [-0.3, -0.25) is 9.52 Å². The van der Waals surface area contributed by atoms with E-state index in [0.717, 1.165) is 10.8 Å². The summed E-state index contributed by atoms with van der Waals surface area (Å²) in [5.74, 6) is -0.847. The van der Waals surface area contributed by atoms with E-state index in [9.17, 15) is 18.0 Å². The zero-order valence-corrected chi connectivity index (χ0v) is 19.1. The minimum absolute atomic E-state index is 0.0997. The van der Waals surface area contributed by atoms with Gasteiger partial charge in [0, 0.05) is 17.0 Å². The summed E-state index contributed by atoms with van der Waals surface area (Å²) in [6, 6.07) is 19.6. The number of amides is 1. The number of fused-ring (bicyclic) bond motifs is 3. The second-order valence-corrected chi connectivity index (χ2v) is 9.29. The number of nitrogens with one attached hydrogen (secondary N) is 1. The SMILES string of the molecule is Cc1ccnc([N-]S(=O)(=O)c2ccc(NC(=O)c3cc4c(ccc5ccccc54)oc3=O)cc2)n1. The molecule has 9 nitrogen and oxygen atoms in total. The Hall–Kier alpha value is -4.57. The van der Waals surface area contributed by atoms with Gasteiger partial charge in [0.2, 0.25) is 10.0 Å². The molecule has 0 fully saturated rings. The predicted molar refractivity (Wildman–Crippen MR) is 131 cm³/mol. The minimum Gasteiger partial charge on any atom is -0.422 e. The van der Waals surface area contributed by atoms with Gasteiger partial charge in [0.1, 0.15) is 11.1 Å². The first kappa shape index (κ1) is 22.2. The average Bonchev–Trinajstić information content (AvgIpc) is 2.83. The third-order valence-electron chi connectivity index (χ3n) is 5.28. The van der Waals surface area contributed by atoms with Crippen molar-refractivity contribution in [1.82, 2.24) is 9.97 Å². The Morgan fingerprint density at radius 3 is 2.51 bits per heavy atom. The van der Waals surface area contributed by atoms with Crippen molar-refractivity contribution in [2.24, 2.45) is 0 Å². The lowest BCUT2D eigenvalue weighted by atomic mass is 10.0. The Morgan fingerprint density at radius 2 is 1.74 bits per heavy atom. The first-order chi connectivity index (χ1) is 16.8. The fourth-order valence-electron chi connectivity index (χ4n) is 3.58. The van der Waals surface area contributed by atoms with Crippen molar-refractivity contribution in [3.63, 3.8) is 0 Å². The van der Waals surface area contributed by atoms with Crippen molar-refractivity contribution >= 4 is 49.3 Å². The van der Waals surface area contributed by atoms with Gasteiger partial charge in [0.25, 0.3) is 5.91 Å². The molecule has 3 aromatic carbocycles. The van der Waals surface area contributed by atoms with Gasteiger partial charge in [-0.25, -0.2) is 13.2 Å². The molecule has 5 aromatic rings. The summed E-state index contributed by atoms with van der Waals surface area (Å²) in [5, 5.41) is 5.02. The van der Waals surface area contributed by atoms with Crippen LogP contribution in [0.5, 0.6) is 0 Å². The van der Waals surface area contributed by atoms with E-state index in [2.05, 4.69) is 20.0 Å². The molecule has 35 heavy (non-hydrogen) atoms. The monoisotopic (exact) mass is 485 g/mol. The molecular weight excluding hydrogens is 468 g/mol. The van der Waals surface area contributed by atoms with E-state index in [1.54, 1.807) is 19.1 Å². The van der Waals surface area contributed by atoms with Crippen LogP contribution in [0, 0.1) is 6.92 Å². The van der Waals surface area contributed by atoms with Crippen molar-refractivity contribution in [3.05, 3.63) is 105 Å². The maximum atomic E-state index is 12.8.